The fourth-order valence-electron chi connectivity index (χ4n) is 4.33. The Labute approximate surface area is 198 Å². The Bertz CT molecular complexity index is 1120. The molecule has 9 heteroatoms. The minimum atomic E-state index is -0.483. The van der Waals surface area contributed by atoms with E-state index in [2.05, 4.69) is 20.8 Å². The Hall–Kier alpha value is -3.88. The van der Waals surface area contributed by atoms with E-state index >= 15 is 0 Å². The molecule has 2 amide bonds. The van der Waals surface area contributed by atoms with Gasteiger partial charge in [0.05, 0.1) is 6.61 Å². The Morgan fingerprint density at radius 1 is 1.06 bits per heavy atom. The third-order valence-electron chi connectivity index (χ3n) is 5.99. The Kier molecular flexibility index (Phi) is 7.41. The maximum absolute atomic E-state index is 12.5. The fourth-order valence-corrected chi connectivity index (χ4v) is 4.33. The van der Waals surface area contributed by atoms with E-state index in [0.29, 0.717) is 42.0 Å². The molecule has 4 N–H and O–H groups in total. The molecule has 0 saturated heterocycles. The van der Waals surface area contributed by atoms with Gasteiger partial charge in [-0.1, -0.05) is 23.3 Å². The Morgan fingerprint density at radius 2 is 1.82 bits per heavy atom. The first-order valence-electron chi connectivity index (χ1n) is 11.5. The van der Waals surface area contributed by atoms with Gasteiger partial charge in [-0.25, -0.2) is 0 Å². The van der Waals surface area contributed by atoms with E-state index in [1.54, 1.807) is 6.07 Å². The Morgan fingerprint density at radius 3 is 2.53 bits per heavy atom. The molecule has 0 atom stereocenters. The number of anilines is 3. The summed E-state index contributed by atoms with van der Waals surface area (Å²) in [5, 5.41) is 13.5. The monoisotopic (exact) mass is 463 g/mol. The first-order chi connectivity index (χ1) is 16.5. The van der Waals surface area contributed by atoms with Crippen molar-refractivity contribution in [2.75, 3.05) is 17.2 Å². The number of rotatable bonds is 9. The highest BCUT2D eigenvalue weighted by molar-refractivity contribution is 6.00. The zero-order valence-corrected chi connectivity index (χ0v) is 19.1. The molecule has 178 valence electrons. The third-order valence-corrected chi connectivity index (χ3v) is 5.99. The second-order valence-corrected chi connectivity index (χ2v) is 8.46. The lowest BCUT2D eigenvalue weighted by molar-refractivity contribution is -0.119. The number of nitrogens with two attached hydrogens (primary N) is 1. The number of carbonyl (C=O) groups excluding carboxylic acids is 2. The minimum absolute atomic E-state index is 0.112. The molecule has 0 aliphatic heterocycles. The highest BCUT2D eigenvalue weighted by atomic mass is 16.5. The lowest BCUT2D eigenvalue weighted by atomic mass is 9.77. The normalized spacial score (nSPS) is 17.7. The largest absolute Gasteiger partial charge is 0.494 e. The summed E-state index contributed by atoms with van der Waals surface area (Å²) in [6.45, 7) is 2.48. The molecule has 3 aromatic rings. The number of hydrogen-bond acceptors (Lipinski definition) is 7. The molecular formula is C25H29N5O4. The van der Waals surface area contributed by atoms with Crippen LogP contribution in [0.3, 0.4) is 0 Å². The Balaban J connectivity index is 1.31. The molecule has 1 aliphatic carbocycles. The van der Waals surface area contributed by atoms with Crippen molar-refractivity contribution in [2.45, 2.75) is 44.9 Å². The van der Waals surface area contributed by atoms with Crippen molar-refractivity contribution >= 4 is 29.2 Å². The van der Waals surface area contributed by atoms with E-state index in [0.717, 1.165) is 25.7 Å². The summed E-state index contributed by atoms with van der Waals surface area (Å²) in [7, 11) is 0. The van der Waals surface area contributed by atoms with Crippen molar-refractivity contribution in [1.29, 1.82) is 0 Å². The average Bonchev–Trinajstić information content (AvgIpc) is 3.29. The molecule has 0 radical (unpaired) electrons. The minimum Gasteiger partial charge on any atom is -0.494 e. The van der Waals surface area contributed by atoms with Crippen molar-refractivity contribution < 1.29 is 18.7 Å². The zero-order valence-electron chi connectivity index (χ0n) is 19.1. The van der Waals surface area contributed by atoms with Crippen molar-refractivity contribution in [3.05, 3.63) is 60.0 Å². The van der Waals surface area contributed by atoms with Gasteiger partial charge in [-0.15, -0.1) is 5.10 Å². The summed E-state index contributed by atoms with van der Waals surface area (Å²) >= 11 is 0. The van der Waals surface area contributed by atoms with Crippen LogP contribution in [0.2, 0.25) is 0 Å². The van der Waals surface area contributed by atoms with Gasteiger partial charge in [-0.2, -0.15) is 0 Å². The lowest BCUT2D eigenvalue weighted by Gasteiger charge is -2.28. The maximum atomic E-state index is 12.5. The summed E-state index contributed by atoms with van der Waals surface area (Å²) < 4.78 is 10.9. The van der Waals surface area contributed by atoms with Gasteiger partial charge in [0.15, 0.2) is 0 Å². The molecule has 1 heterocycles. The van der Waals surface area contributed by atoms with Crippen LogP contribution in [0.5, 0.6) is 5.75 Å². The van der Waals surface area contributed by atoms with Crippen molar-refractivity contribution in [3.8, 4) is 5.75 Å². The number of nitrogens with one attached hydrogen (secondary N) is 2. The first-order valence-corrected chi connectivity index (χ1v) is 11.5. The molecular weight excluding hydrogens is 434 g/mol. The molecule has 1 saturated carbocycles. The second kappa shape index (κ2) is 10.8. The van der Waals surface area contributed by atoms with Crippen LogP contribution < -0.4 is 21.1 Å². The van der Waals surface area contributed by atoms with Gasteiger partial charge in [-0.05, 0) is 74.3 Å². The molecule has 9 nitrogen and oxygen atoms in total. The van der Waals surface area contributed by atoms with Crippen LogP contribution in [0.15, 0.2) is 52.9 Å². The number of primary amides is 1. The smallest absolute Gasteiger partial charge is 0.320 e. The predicted octanol–water partition coefficient (Wildman–Crippen LogP) is 4.61. The number of amides is 2. The number of carbonyl (C=O) groups is 2. The van der Waals surface area contributed by atoms with Crippen molar-refractivity contribution in [3.63, 3.8) is 0 Å². The van der Waals surface area contributed by atoms with Gasteiger partial charge >= 0.3 is 17.8 Å². The van der Waals surface area contributed by atoms with Gasteiger partial charge in [0.25, 0.3) is 0 Å². The summed E-state index contributed by atoms with van der Waals surface area (Å²) in [4.78, 5) is 23.7. The quantitative estimate of drug-likeness (QED) is 0.422. The summed E-state index contributed by atoms with van der Waals surface area (Å²) in [5.41, 5.74) is 7.91. The molecule has 4 rings (SSSR count). The summed E-state index contributed by atoms with van der Waals surface area (Å²) in [5.74, 6) is 0.730. The van der Waals surface area contributed by atoms with E-state index in [1.807, 2.05) is 49.4 Å². The van der Waals surface area contributed by atoms with Crippen LogP contribution in [0.25, 0.3) is 0 Å². The van der Waals surface area contributed by atoms with Crippen LogP contribution in [0, 0.1) is 5.92 Å². The van der Waals surface area contributed by atoms with E-state index in [1.165, 1.54) is 5.56 Å². The molecule has 1 aliphatic rings. The van der Waals surface area contributed by atoms with E-state index in [-0.39, 0.29) is 17.8 Å². The van der Waals surface area contributed by atoms with Crippen LogP contribution in [-0.4, -0.2) is 28.6 Å². The fraction of sp³-hybridized carbons (Fsp3) is 0.360. The summed E-state index contributed by atoms with van der Waals surface area (Å²) in [6.07, 6.45) is 4.57. The number of ether oxygens (including phenoxy) is 1. The molecule has 2 aromatic carbocycles. The van der Waals surface area contributed by atoms with E-state index < -0.39 is 5.91 Å². The summed E-state index contributed by atoms with van der Waals surface area (Å²) in [6, 6.07) is 15.2. The average molecular weight is 464 g/mol. The standard InChI is InChI=1S/C25H29N5O4/c1-2-33-21-5-3-4-20(15-21)28-25-30-29-24(34-25)23(32)27-19-12-10-18(11-13-19)17-8-6-16(7-9-17)14-22(26)31/h3-5,10-13,15-17H,2,6-9,14H2,1H3,(H2,26,31)(H,27,32)(H,28,30). The highest BCUT2D eigenvalue weighted by Gasteiger charge is 2.23. The molecule has 34 heavy (non-hydrogen) atoms. The number of benzene rings is 2. The molecule has 0 spiro atoms. The van der Waals surface area contributed by atoms with Crippen LogP contribution in [0.4, 0.5) is 17.4 Å². The predicted molar refractivity (Wildman–Crippen MR) is 128 cm³/mol. The lowest BCUT2D eigenvalue weighted by Crippen LogP contribution is -2.20. The van der Waals surface area contributed by atoms with Crippen LogP contribution >= 0.6 is 0 Å². The topological polar surface area (TPSA) is 132 Å². The number of nitrogens with zero attached hydrogens (tertiary/aromatic N) is 2. The number of hydrogen-bond donors (Lipinski definition) is 3. The van der Waals surface area contributed by atoms with Crippen molar-refractivity contribution in [2.24, 2.45) is 11.7 Å². The highest BCUT2D eigenvalue weighted by Crippen LogP contribution is 2.37. The van der Waals surface area contributed by atoms with E-state index in [9.17, 15) is 9.59 Å². The molecule has 1 aromatic heterocycles. The van der Waals surface area contributed by atoms with Crippen LogP contribution in [0.1, 0.15) is 61.2 Å². The second-order valence-electron chi connectivity index (χ2n) is 8.46. The van der Waals surface area contributed by atoms with Crippen molar-refractivity contribution in [1.82, 2.24) is 10.2 Å². The SMILES string of the molecule is CCOc1cccc(Nc2nnc(C(=O)Nc3ccc(C4CCC(CC(N)=O)CC4)cc3)o2)c1. The third kappa shape index (κ3) is 6.12. The van der Waals surface area contributed by atoms with Gasteiger partial charge in [0.2, 0.25) is 5.91 Å². The van der Waals surface area contributed by atoms with E-state index in [4.69, 9.17) is 14.9 Å². The maximum Gasteiger partial charge on any atom is 0.320 e. The first kappa shape index (κ1) is 23.3. The molecule has 0 unspecified atom stereocenters. The van der Waals surface area contributed by atoms with Gasteiger partial charge in [0.1, 0.15) is 5.75 Å². The molecule has 0 bridgehead atoms. The van der Waals surface area contributed by atoms with Gasteiger partial charge < -0.3 is 25.5 Å². The number of aromatic nitrogens is 2. The van der Waals surface area contributed by atoms with Gasteiger partial charge in [0, 0.05) is 23.9 Å². The van der Waals surface area contributed by atoms with Gasteiger partial charge in [-0.3, -0.25) is 9.59 Å². The molecule has 1 fully saturated rings. The van der Waals surface area contributed by atoms with Crippen LogP contribution in [-0.2, 0) is 4.79 Å². The zero-order chi connectivity index (χ0) is 23.9.